The highest BCUT2D eigenvalue weighted by Crippen LogP contribution is 2.36. The SMILES string of the molecule is CCCOc1cccc(C(Cl)c2cc(Br)ccc2Br)c1. The molecule has 0 aliphatic rings. The fourth-order valence-electron chi connectivity index (χ4n) is 1.87. The van der Waals surface area contributed by atoms with Gasteiger partial charge >= 0.3 is 0 Å². The summed E-state index contributed by atoms with van der Waals surface area (Å²) in [6.07, 6.45) is 0.992. The normalized spacial score (nSPS) is 12.2. The second kappa shape index (κ2) is 7.48. The lowest BCUT2D eigenvalue weighted by molar-refractivity contribution is 0.317. The van der Waals surface area contributed by atoms with Gasteiger partial charge in [-0.2, -0.15) is 0 Å². The van der Waals surface area contributed by atoms with Crippen molar-refractivity contribution in [3.8, 4) is 5.75 Å². The van der Waals surface area contributed by atoms with E-state index >= 15 is 0 Å². The molecule has 0 saturated heterocycles. The maximum Gasteiger partial charge on any atom is 0.119 e. The summed E-state index contributed by atoms with van der Waals surface area (Å²) in [5, 5.41) is -0.216. The van der Waals surface area contributed by atoms with E-state index in [0.717, 1.165) is 38.8 Å². The topological polar surface area (TPSA) is 9.23 Å². The average molecular weight is 419 g/mol. The van der Waals surface area contributed by atoms with Crippen LogP contribution >= 0.6 is 43.5 Å². The van der Waals surface area contributed by atoms with Crippen molar-refractivity contribution in [3.05, 3.63) is 62.5 Å². The summed E-state index contributed by atoms with van der Waals surface area (Å²) in [6, 6.07) is 14.0. The van der Waals surface area contributed by atoms with Gasteiger partial charge in [-0.15, -0.1) is 11.6 Å². The van der Waals surface area contributed by atoms with Gasteiger partial charge in [-0.25, -0.2) is 0 Å². The van der Waals surface area contributed by atoms with Gasteiger partial charge in [-0.1, -0.05) is 50.9 Å². The van der Waals surface area contributed by atoms with Gasteiger partial charge in [0.1, 0.15) is 5.75 Å². The lowest BCUT2D eigenvalue weighted by atomic mass is 10.0. The molecule has 1 nitrogen and oxygen atoms in total. The van der Waals surface area contributed by atoms with Crippen molar-refractivity contribution in [3.63, 3.8) is 0 Å². The molecular weight excluding hydrogens is 403 g/mol. The van der Waals surface area contributed by atoms with Gasteiger partial charge in [0, 0.05) is 8.95 Å². The lowest BCUT2D eigenvalue weighted by Crippen LogP contribution is -1.98. The molecule has 0 bridgehead atoms. The van der Waals surface area contributed by atoms with E-state index in [9.17, 15) is 0 Å². The minimum absolute atomic E-state index is 0.216. The zero-order chi connectivity index (χ0) is 14.5. The van der Waals surface area contributed by atoms with Gasteiger partial charge in [0.25, 0.3) is 0 Å². The third-order valence-electron chi connectivity index (χ3n) is 2.85. The van der Waals surface area contributed by atoms with E-state index in [1.807, 2.05) is 42.5 Å². The van der Waals surface area contributed by atoms with E-state index in [2.05, 4.69) is 38.8 Å². The Morgan fingerprint density at radius 2 is 1.95 bits per heavy atom. The predicted molar refractivity (Wildman–Crippen MR) is 91.8 cm³/mol. The summed E-state index contributed by atoms with van der Waals surface area (Å²) in [5.41, 5.74) is 2.06. The number of ether oxygens (including phenoxy) is 1. The zero-order valence-electron chi connectivity index (χ0n) is 11.1. The monoisotopic (exact) mass is 416 g/mol. The zero-order valence-corrected chi connectivity index (χ0v) is 15.0. The Morgan fingerprint density at radius 1 is 1.15 bits per heavy atom. The first-order chi connectivity index (χ1) is 9.61. The predicted octanol–water partition coefficient (Wildman–Crippen LogP) is 6.33. The van der Waals surface area contributed by atoms with Crippen LogP contribution in [0, 0.1) is 0 Å². The molecule has 0 radical (unpaired) electrons. The molecule has 4 heteroatoms. The molecule has 0 fully saturated rings. The molecule has 1 atom stereocenters. The van der Waals surface area contributed by atoms with Crippen molar-refractivity contribution in [2.24, 2.45) is 0 Å². The highest BCUT2D eigenvalue weighted by atomic mass is 79.9. The Balaban J connectivity index is 2.28. The first-order valence-electron chi connectivity index (χ1n) is 6.43. The van der Waals surface area contributed by atoms with Gasteiger partial charge in [0.15, 0.2) is 0 Å². The minimum atomic E-state index is -0.216. The summed E-state index contributed by atoms with van der Waals surface area (Å²) in [4.78, 5) is 0. The van der Waals surface area contributed by atoms with Crippen LogP contribution in [0.4, 0.5) is 0 Å². The molecular formula is C16H15Br2ClO. The van der Waals surface area contributed by atoms with Crippen molar-refractivity contribution >= 4 is 43.5 Å². The molecule has 0 aliphatic heterocycles. The third kappa shape index (κ3) is 4.00. The highest BCUT2D eigenvalue weighted by molar-refractivity contribution is 9.11. The van der Waals surface area contributed by atoms with E-state index in [1.165, 1.54) is 0 Å². The van der Waals surface area contributed by atoms with Crippen LogP contribution in [0.5, 0.6) is 5.75 Å². The molecule has 2 aromatic rings. The number of halogens is 3. The lowest BCUT2D eigenvalue weighted by Gasteiger charge is -2.14. The van der Waals surface area contributed by atoms with Crippen molar-refractivity contribution in [1.82, 2.24) is 0 Å². The van der Waals surface area contributed by atoms with E-state index in [1.54, 1.807) is 0 Å². The van der Waals surface area contributed by atoms with Crippen LogP contribution in [-0.4, -0.2) is 6.61 Å². The molecule has 0 N–H and O–H groups in total. The molecule has 0 heterocycles. The first-order valence-corrected chi connectivity index (χ1v) is 8.46. The largest absolute Gasteiger partial charge is 0.494 e. The smallest absolute Gasteiger partial charge is 0.119 e. The van der Waals surface area contributed by atoms with Crippen LogP contribution in [0.15, 0.2) is 51.4 Å². The summed E-state index contributed by atoms with van der Waals surface area (Å²) in [7, 11) is 0. The number of hydrogen-bond acceptors (Lipinski definition) is 1. The van der Waals surface area contributed by atoms with Gasteiger partial charge < -0.3 is 4.74 Å². The Labute approximate surface area is 141 Å². The van der Waals surface area contributed by atoms with Crippen LogP contribution in [-0.2, 0) is 0 Å². The summed E-state index contributed by atoms with van der Waals surface area (Å²) >= 11 is 13.6. The quantitative estimate of drug-likeness (QED) is 0.516. The Bertz CT molecular complexity index is 586. The van der Waals surface area contributed by atoms with Crippen molar-refractivity contribution in [2.75, 3.05) is 6.61 Å². The van der Waals surface area contributed by atoms with Gasteiger partial charge in [-0.05, 0) is 47.9 Å². The van der Waals surface area contributed by atoms with E-state index in [-0.39, 0.29) is 5.38 Å². The molecule has 20 heavy (non-hydrogen) atoms. The fourth-order valence-corrected chi connectivity index (χ4v) is 3.17. The molecule has 0 saturated carbocycles. The maximum absolute atomic E-state index is 6.61. The van der Waals surface area contributed by atoms with Crippen molar-refractivity contribution in [2.45, 2.75) is 18.7 Å². The Morgan fingerprint density at radius 3 is 2.70 bits per heavy atom. The van der Waals surface area contributed by atoms with Gasteiger partial charge in [0.05, 0.1) is 12.0 Å². The van der Waals surface area contributed by atoms with Crippen LogP contribution < -0.4 is 4.74 Å². The van der Waals surface area contributed by atoms with E-state index < -0.39 is 0 Å². The van der Waals surface area contributed by atoms with E-state index in [0.29, 0.717) is 0 Å². The van der Waals surface area contributed by atoms with Crippen LogP contribution in [0.2, 0.25) is 0 Å². The van der Waals surface area contributed by atoms with Crippen LogP contribution in [0.3, 0.4) is 0 Å². The molecule has 0 spiro atoms. The molecule has 2 rings (SSSR count). The average Bonchev–Trinajstić information content (AvgIpc) is 2.47. The fraction of sp³-hybridized carbons (Fsp3) is 0.250. The Kier molecular flexibility index (Phi) is 5.94. The molecule has 2 aromatic carbocycles. The van der Waals surface area contributed by atoms with Crippen molar-refractivity contribution < 1.29 is 4.74 Å². The number of benzene rings is 2. The van der Waals surface area contributed by atoms with Crippen LogP contribution in [0.1, 0.15) is 29.8 Å². The third-order valence-corrected chi connectivity index (χ3v) is 4.56. The molecule has 1 unspecified atom stereocenters. The summed E-state index contributed by atoms with van der Waals surface area (Å²) < 4.78 is 7.67. The van der Waals surface area contributed by atoms with Gasteiger partial charge in [-0.3, -0.25) is 0 Å². The summed E-state index contributed by atoms with van der Waals surface area (Å²) in [6.45, 7) is 2.81. The summed E-state index contributed by atoms with van der Waals surface area (Å²) in [5.74, 6) is 0.862. The molecule has 0 amide bonds. The number of alkyl halides is 1. The van der Waals surface area contributed by atoms with Crippen LogP contribution in [0.25, 0.3) is 0 Å². The van der Waals surface area contributed by atoms with Gasteiger partial charge in [0.2, 0.25) is 0 Å². The standard InChI is InChI=1S/C16H15Br2ClO/c1-2-8-20-13-5-3-4-11(9-13)16(19)14-10-12(17)6-7-15(14)18/h3-7,9-10,16H,2,8H2,1H3. The second-order valence-electron chi connectivity index (χ2n) is 4.45. The highest BCUT2D eigenvalue weighted by Gasteiger charge is 2.15. The molecule has 106 valence electrons. The molecule has 0 aliphatic carbocycles. The number of hydrogen-bond donors (Lipinski definition) is 0. The molecule has 0 aromatic heterocycles. The Hall–Kier alpha value is -0.510. The minimum Gasteiger partial charge on any atom is -0.494 e. The second-order valence-corrected chi connectivity index (χ2v) is 6.66. The first kappa shape index (κ1) is 15.9. The maximum atomic E-state index is 6.61. The van der Waals surface area contributed by atoms with Crippen molar-refractivity contribution in [1.29, 1.82) is 0 Å². The number of rotatable bonds is 5. The van der Waals surface area contributed by atoms with E-state index in [4.69, 9.17) is 16.3 Å².